The Kier molecular flexibility index (Phi) is 5.77. The Bertz CT molecular complexity index is 595. The first-order chi connectivity index (χ1) is 12.0. The number of likely N-dealkylation sites (tertiary alicyclic amines) is 1. The summed E-state index contributed by atoms with van der Waals surface area (Å²) in [5, 5.41) is 3.20. The summed E-state index contributed by atoms with van der Waals surface area (Å²) < 4.78 is 0. The van der Waals surface area contributed by atoms with Crippen molar-refractivity contribution >= 4 is 11.8 Å². The average Bonchev–Trinajstić information content (AvgIpc) is 3.17. The van der Waals surface area contributed by atoms with Crippen molar-refractivity contribution in [3.63, 3.8) is 0 Å². The number of carbonyl (C=O) groups is 2. The zero-order chi connectivity index (χ0) is 17.8. The molecule has 1 saturated heterocycles. The smallest absolute Gasteiger partial charge is 0.253 e. The Morgan fingerprint density at radius 3 is 2.16 bits per heavy atom. The molecular weight excluding hydrogens is 312 g/mol. The van der Waals surface area contributed by atoms with Crippen LogP contribution in [0.25, 0.3) is 0 Å². The van der Waals surface area contributed by atoms with Gasteiger partial charge in [0.25, 0.3) is 5.91 Å². The van der Waals surface area contributed by atoms with Crippen LogP contribution in [0.4, 0.5) is 0 Å². The van der Waals surface area contributed by atoms with E-state index in [-0.39, 0.29) is 23.8 Å². The van der Waals surface area contributed by atoms with E-state index in [4.69, 9.17) is 0 Å². The van der Waals surface area contributed by atoms with E-state index in [9.17, 15) is 9.59 Å². The zero-order valence-corrected chi connectivity index (χ0v) is 15.5. The summed E-state index contributed by atoms with van der Waals surface area (Å²) in [6.07, 6.45) is 6.15. The molecular formula is C21H30N2O2. The van der Waals surface area contributed by atoms with E-state index >= 15 is 0 Å². The van der Waals surface area contributed by atoms with Gasteiger partial charge in [-0.3, -0.25) is 9.59 Å². The van der Waals surface area contributed by atoms with Gasteiger partial charge in [0, 0.05) is 30.6 Å². The fourth-order valence-electron chi connectivity index (χ4n) is 3.93. The van der Waals surface area contributed by atoms with Crippen molar-refractivity contribution < 1.29 is 9.59 Å². The van der Waals surface area contributed by atoms with Crippen LogP contribution in [0.3, 0.4) is 0 Å². The third kappa shape index (κ3) is 4.42. The van der Waals surface area contributed by atoms with Crippen LogP contribution < -0.4 is 5.32 Å². The summed E-state index contributed by atoms with van der Waals surface area (Å²) in [6.45, 7) is 5.75. The van der Waals surface area contributed by atoms with Crippen molar-refractivity contribution in [2.75, 3.05) is 13.1 Å². The van der Waals surface area contributed by atoms with E-state index < -0.39 is 0 Å². The van der Waals surface area contributed by atoms with Crippen LogP contribution >= 0.6 is 0 Å². The molecule has 0 unspecified atom stereocenters. The Hall–Kier alpha value is -1.84. The van der Waals surface area contributed by atoms with Crippen molar-refractivity contribution in [3.8, 4) is 0 Å². The summed E-state index contributed by atoms with van der Waals surface area (Å²) in [5.41, 5.74) is 2.02. The molecule has 1 aliphatic carbocycles. The molecule has 2 fully saturated rings. The lowest BCUT2D eigenvalue weighted by Crippen LogP contribution is -2.47. The number of nitrogens with zero attached hydrogens (tertiary/aromatic N) is 1. The summed E-state index contributed by atoms with van der Waals surface area (Å²) in [4.78, 5) is 26.8. The second-order valence-corrected chi connectivity index (χ2v) is 7.83. The molecule has 0 spiro atoms. The van der Waals surface area contributed by atoms with Crippen molar-refractivity contribution in [2.45, 2.75) is 64.3 Å². The van der Waals surface area contributed by atoms with Gasteiger partial charge in [0.05, 0.1) is 0 Å². The van der Waals surface area contributed by atoms with Crippen LogP contribution in [0, 0.1) is 5.92 Å². The molecule has 1 heterocycles. The lowest BCUT2D eigenvalue weighted by molar-refractivity contribution is -0.125. The molecule has 1 aromatic rings. The number of hydrogen-bond acceptors (Lipinski definition) is 2. The van der Waals surface area contributed by atoms with Gasteiger partial charge in [0.15, 0.2) is 0 Å². The number of rotatable bonds is 4. The van der Waals surface area contributed by atoms with Crippen molar-refractivity contribution in [1.29, 1.82) is 0 Å². The highest BCUT2D eigenvalue weighted by Gasteiger charge is 2.28. The van der Waals surface area contributed by atoms with Crippen LogP contribution in [0.2, 0.25) is 0 Å². The Labute approximate surface area is 151 Å². The maximum atomic E-state index is 12.7. The molecule has 0 radical (unpaired) electrons. The normalized spacial score (nSPS) is 19.4. The number of benzene rings is 1. The SMILES string of the molecule is CC(C)c1ccc(C(=O)N2CCC(NC(=O)C3CCCC3)CC2)cc1. The van der Waals surface area contributed by atoms with E-state index in [1.54, 1.807) is 0 Å². The average molecular weight is 342 g/mol. The van der Waals surface area contributed by atoms with E-state index in [2.05, 4.69) is 19.2 Å². The highest BCUT2D eigenvalue weighted by molar-refractivity contribution is 5.94. The highest BCUT2D eigenvalue weighted by atomic mass is 16.2. The first-order valence-electron chi connectivity index (χ1n) is 9.74. The highest BCUT2D eigenvalue weighted by Crippen LogP contribution is 2.25. The number of carbonyl (C=O) groups excluding carboxylic acids is 2. The molecule has 4 heteroatoms. The fourth-order valence-corrected chi connectivity index (χ4v) is 3.93. The largest absolute Gasteiger partial charge is 0.353 e. The molecule has 0 aromatic heterocycles. The van der Waals surface area contributed by atoms with Crippen LogP contribution in [-0.4, -0.2) is 35.8 Å². The Balaban J connectivity index is 1.49. The van der Waals surface area contributed by atoms with E-state index in [1.807, 2.05) is 29.2 Å². The van der Waals surface area contributed by atoms with Gasteiger partial charge >= 0.3 is 0 Å². The van der Waals surface area contributed by atoms with E-state index in [1.165, 1.54) is 18.4 Å². The monoisotopic (exact) mass is 342 g/mol. The number of hydrogen-bond donors (Lipinski definition) is 1. The van der Waals surface area contributed by atoms with Crippen LogP contribution in [0.1, 0.15) is 74.2 Å². The number of amides is 2. The first kappa shape index (κ1) is 18.0. The second kappa shape index (κ2) is 8.03. The van der Waals surface area contributed by atoms with Crippen LogP contribution in [0.15, 0.2) is 24.3 Å². The van der Waals surface area contributed by atoms with Gasteiger partial charge in [-0.25, -0.2) is 0 Å². The second-order valence-electron chi connectivity index (χ2n) is 7.83. The third-order valence-corrected chi connectivity index (χ3v) is 5.68. The van der Waals surface area contributed by atoms with Gasteiger partial charge in [0.2, 0.25) is 5.91 Å². The molecule has 2 amide bonds. The molecule has 1 aromatic carbocycles. The van der Waals surface area contributed by atoms with Gasteiger partial charge in [-0.05, 0) is 49.3 Å². The molecule has 25 heavy (non-hydrogen) atoms. The van der Waals surface area contributed by atoms with Gasteiger partial charge < -0.3 is 10.2 Å². The zero-order valence-electron chi connectivity index (χ0n) is 15.5. The van der Waals surface area contributed by atoms with Gasteiger partial charge in [-0.2, -0.15) is 0 Å². The molecule has 1 aliphatic heterocycles. The molecule has 3 rings (SSSR count). The topological polar surface area (TPSA) is 49.4 Å². The molecule has 2 aliphatic rings. The molecule has 1 N–H and O–H groups in total. The third-order valence-electron chi connectivity index (χ3n) is 5.68. The standard InChI is InChI=1S/C21H30N2O2/c1-15(2)16-7-9-18(10-8-16)21(25)23-13-11-19(12-14-23)22-20(24)17-5-3-4-6-17/h7-10,15,17,19H,3-6,11-14H2,1-2H3,(H,22,24). The van der Waals surface area contributed by atoms with E-state index in [0.717, 1.165) is 44.3 Å². The molecule has 0 atom stereocenters. The summed E-state index contributed by atoms with van der Waals surface area (Å²) in [7, 11) is 0. The minimum atomic E-state index is 0.107. The van der Waals surface area contributed by atoms with Gasteiger partial charge in [-0.1, -0.05) is 38.8 Å². The number of nitrogens with one attached hydrogen (secondary N) is 1. The van der Waals surface area contributed by atoms with Crippen molar-refractivity contribution in [2.24, 2.45) is 5.92 Å². The predicted molar refractivity (Wildman–Crippen MR) is 99.6 cm³/mol. The van der Waals surface area contributed by atoms with Crippen LogP contribution in [-0.2, 0) is 4.79 Å². The minimum Gasteiger partial charge on any atom is -0.353 e. The predicted octanol–water partition coefficient (Wildman–Crippen LogP) is 3.72. The van der Waals surface area contributed by atoms with Gasteiger partial charge in [-0.15, -0.1) is 0 Å². The fraction of sp³-hybridized carbons (Fsp3) is 0.619. The first-order valence-corrected chi connectivity index (χ1v) is 9.74. The number of piperidine rings is 1. The lowest BCUT2D eigenvalue weighted by Gasteiger charge is -2.33. The van der Waals surface area contributed by atoms with Crippen molar-refractivity contribution in [3.05, 3.63) is 35.4 Å². The summed E-state index contributed by atoms with van der Waals surface area (Å²) >= 11 is 0. The minimum absolute atomic E-state index is 0.107. The maximum Gasteiger partial charge on any atom is 0.253 e. The molecule has 1 saturated carbocycles. The summed E-state index contributed by atoms with van der Waals surface area (Å²) in [5.74, 6) is 1.03. The summed E-state index contributed by atoms with van der Waals surface area (Å²) in [6, 6.07) is 8.19. The quantitative estimate of drug-likeness (QED) is 0.906. The molecule has 136 valence electrons. The lowest BCUT2D eigenvalue weighted by atomic mass is 9.99. The van der Waals surface area contributed by atoms with Crippen LogP contribution in [0.5, 0.6) is 0 Å². The Morgan fingerprint density at radius 2 is 1.60 bits per heavy atom. The van der Waals surface area contributed by atoms with Gasteiger partial charge in [0.1, 0.15) is 0 Å². The van der Waals surface area contributed by atoms with E-state index in [0.29, 0.717) is 5.92 Å². The van der Waals surface area contributed by atoms with Crippen molar-refractivity contribution in [1.82, 2.24) is 10.2 Å². The molecule has 0 bridgehead atoms. The maximum absolute atomic E-state index is 12.7. The Morgan fingerprint density at radius 1 is 1.00 bits per heavy atom. The molecule has 4 nitrogen and oxygen atoms in total.